The largest absolute Gasteiger partial charge is 0.306 e. The summed E-state index contributed by atoms with van der Waals surface area (Å²) in [5.41, 5.74) is 3.35. The van der Waals surface area contributed by atoms with Gasteiger partial charge in [-0.3, -0.25) is 4.68 Å². The number of aryl methyl sites for hydroxylation is 2. The molecule has 0 unspecified atom stereocenters. The average molecular weight is 205 g/mol. The lowest BCUT2D eigenvalue weighted by Crippen LogP contribution is -2.39. The van der Waals surface area contributed by atoms with E-state index in [2.05, 4.69) is 18.1 Å². The van der Waals surface area contributed by atoms with Crippen molar-refractivity contribution >= 4 is 0 Å². The van der Waals surface area contributed by atoms with Gasteiger partial charge in [0.05, 0.1) is 5.69 Å². The minimum atomic E-state index is 0.434. The quantitative estimate of drug-likeness (QED) is 0.637. The van der Waals surface area contributed by atoms with E-state index in [9.17, 15) is 0 Å². The van der Waals surface area contributed by atoms with Crippen molar-refractivity contribution in [3.63, 3.8) is 0 Å². The summed E-state index contributed by atoms with van der Waals surface area (Å²) in [6, 6.07) is 0. The van der Waals surface area contributed by atoms with E-state index in [0.29, 0.717) is 5.41 Å². The zero-order chi connectivity index (χ0) is 10.5. The fourth-order valence-electron chi connectivity index (χ4n) is 3.19. The highest BCUT2D eigenvalue weighted by Crippen LogP contribution is 2.44. The van der Waals surface area contributed by atoms with Crippen molar-refractivity contribution < 1.29 is 0 Å². The van der Waals surface area contributed by atoms with E-state index in [-0.39, 0.29) is 0 Å². The molecule has 0 bridgehead atoms. The third kappa shape index (κ3) is 1.33. The number of fused-ring (bicyclic) bond motifs is 2. The van der Waals surface area contributed by atoms with Crippen LogP contribution in [0.15, 0.2) is 6.20 Å². The normalized spacial score (nSPS) is 24.7. The fraction of sp³-hybridized carbons (Fsp3) is 0.750. The first-order valence-electron chi connectivity index (χ1n) is 5.91. The fourth-order valence-corrected chi connectivity index (χ4v) is 3.19. The summed E-state index contributed by atoms with van der Waals surface area (Å²) in [5, 5.41) is 4.69. The van der Waals surface area contributed by atoms with E-state index < -0.39 is 0 Å². The van der Waals surface area contributed by atoms with Gasteiger partial charge in [-0.1, -0.05) is 0 Å². The molecule has 1 spiro atoms. The molecule has 3 rings (SSSR count). The molecule has 0 saturated carbocycles. The molecule has 0 amide bonds. The number of hydrogen-bond acceptors (Lipinski definition) is 2. The van der Waals surface area contributed by atoms with E-state index in [4.69, 9.17) is 5.10 Å². The molecule has 1 saturated heterocycles. The van der Waals surface area contributed by atoms with E-state index >= 15 is 0 Å². The molecular formula is C12H19N3. The molecule has 0 atom stereocenters. The summed E-state index contributed by atoms with van der Waals surface area (Å²) >= 11 is 0. The Bertz CT molecular complexity index is 372. The summed E-state index contributed by atoms with van der Waals surface area (Å²) in [5.74, 6) is 0. The molecular weight excluding hydrogens is 186 g/mol. The molecule has 2 aliphatic rings. The number of nitrogens with zero attached hydrogens (tertiary/aromatic N) is 3. The van der Waals surface area contributed by atoms with Crippen LogP contribution >= 0.6 is 0 Å². The van der Waals surface area contributed by atoms with Crippen LogP contribution in [-0.4, -0.2) is 34.8 Å². The second kappa shape index (κ2) is 3.08. The monoisotopic (exact) mass is 205 g/mol. The van der Waals surface area contributed by atoms with Gasteiger partial charge in [-0.15, -0.1) is 0 Å². The van der Waals surface area contributed by atoms with Crippen molar-refractivity contribution in [2.24, 2.45) is 7.05 Å². The van der Waals surface area contributed by atoms with Crippen molar-refractivity contribution in [2.75, 3.05) is 20.1 Å². The lowest BCUT2D eigenvalue weighted by molar-refractivity contribution is 0.183. The van der Waals surface area contributed by atoms with Crippen molar-refractivity contribution in [1.29, 1.82) is 0 Å². The lowest BCUT2D eigenvalue weighted by Gasteiger charge is -2.37. The summed E-state index contributed by atoms with van der Waals surface area (Å²) in [6.45, 7) is 2.46. The van der Waals surface area contributed by atoms with E-state index in [0.717, 1.165) is 0 Å². The van der Waals surface area contributed by atoms with Crippen LogP contribution in [0.4, 0.5) is 0 Å². The molecule has 3 nitrogen and oxygen atoms in total. The highest BCUT2D eigenvalue weighted by atomic mass is 15.3. The third-order valence-electron chi connectivity index (χ3n) is 4.22. The van der Waals surface area contributed by atoms with Crippen LogP contribution in [0, 0.1) is 0 Å². The van der Waals surface area contributed by atoms with Gasteiger partial charge in [0, 0.05) is 18.7 Å². The van der Waals surface area contributed by atoms with Gasteiger partial charge in [-0.2, -0.15) is 5.10 Å². The predicted molar refractivity (Wildman–Crippen MR) is 59.9 cm³/mol. The van der Waals surface area contributed by atoms with Crippen LogP contribution in [0.2, 0.25) is 0 Å². The Morgan fingerprint density at radius 2 is 1.93 bits per heavy atom. The zero-order valence-electron chi connectivity index (χ0n) is 9.66. The smallest absolute Gasteiger partial charge is 0.0719 e. The Morgan fingerprint density at radius 3 is 2.67 bits per heavy atom. The number of piperidine rings is 1. The van der Waals surface area contributed by atoms with Crippen molar-refractivity contribution in [3.05, 3.63) is 17.5 Å². The van der Waals surface area contributed by atoms with Crippen molar-refractivity contribution in [1.82, 2.24) is 14.7 Å². The molecule has 1 aliphatic carbocycles. The van der Waals surface area contributed by atoms with Crippen LogP contribution < -0.4 is 0 Å². The van der Waals surface area contributed by atoms with E-state index in [1.165, 1.54) is 50.0 Å². The van der Waals surface area contributed by atoms with Gasteiger partial charge in [0.2, 0.25) is 0 Å². The van der Waals surface area contributed by atoms with Gasteiger partial charge in [-0.25, -0.2) is 0 Å². The number of rotatable bonds is 0. The molecule has 0 aromatic carbocycles. The lowest BCUT2D eigenvalue weighted by atomic mass is 9.76. The Hall–Kier alpha value is -0.830. The maximum absolute atomic E-state index is 4.69. The topological polar surface area (TPSA) is 21.1 Å². The average Bonchev–Trinajstić information content (AvgIpc) is 2.72. The van der Waals surface area contributed by atoms with Crippen LogP contribution in [-0.2, 0) is 18.9 Å². The molecule has 0 N–H and O–H groups in total. The molecule has 1 aromatic heterocycles. The van der Waals surface area contributed by atoms with E-state index in [1.54, 1.807) is 0 Å². The molecule has 1 fully saturated rings. The molecule has 15 heavy (non-hydrogen) atoms. The van der Waals surface area contributed by atoms with Crippen LogP contribution in [0.1, 0.15) is 30.5 Å². The van der Waals surface area contributed by atoms with Gasteiger partial charge >= 0.3 is 0 Å². The first kappa shape index (κ1) is 9.40. The van der Waals surface area contributed by atoms with Gasteiger partial charge in [0.25, 0.3) is 0 Å². The SMILES string of the molecule is CN1CCC2(CCc3cn(C)nc32)CC1. The van der Waals surface area contributed by atoms with Crippen LogP contribution in [0.5, 0.6) is 0 Å². The summed E-state index contributed by atoms with van der Waals surface area (Å²) in [4.78, 5) is 2.44. The Labute approximate surface area is 91.1 Å². The van der Waals surface area contributed by atoms with Gasteiger partial charge < -0.3 is 4.90 Å². The Kier molecular flexibility index (Phi) is 1.93. The number of likely N-dealkylation sites (tertiary alicyclic amines) is 1. The minimum absolute atomic E-state index is 0.434. The second-order valence-electron chi connectivity index (χ2n) is 5.26. The Balaban J connectivity index is 1.94. The maximum atomic E-state index is 4.69. The number of hydrogen-bond donors (Lipinski definition) is 0. The Morgan fingerprint density at radius 1 is 1.20 bits per heavy atom. The zero-order valence-corrected chi connectivity index (χ0v) is 9.66. The van der Waals surface area contributed by atoms with Crippen molar-refractivity contribution in [2.45, 2.75) is 31.1 Å². The minimum Gasteiger partial charge on any atom is -0.306 e. The maximum Gasteiger partial charge on any atom is 0.0719 e. The molecule has 1 aliphatic heterocycles. The summed E-state index contributed by atoms with van der Waals surface area (Å²) in [6.07, 6.45) is 7.38. The number of aromatic nitrogens is 2. The molecule has 0 radical (unpaired) electrons. The van der Waals surface area contributed by atoms with Gasteiger partial charge in [0.15, 0.2) is 0 Å². The summed E-state index contributed by atoms with van der Waals surface area (Å²) < 4.78 is 1.99. The first-order chi connectivity index (χ1) is 7.20. The highest BCUT2D eigenvalue weighted by molar-refractivity contribution is 5.33. The third-order valence-corrected chi connectivity index (χ3v) is 4.22. The summed E-state index contributed by atoms with van der Waals surface area (Å²) in [7, 11) is 4.27. The van der Waals surface area contributed by atoms with Gasteiger partial charge in [0.1, 0.15) is 0 Å². The second-order valence-corrected chi connectivity index (χ2v) is 5.26. The predicted octanol–water partition coefficient (Wildman–Crippen LogP) is 1.33. The standard InChI is InChI=1S/C12H19N3/c1-14-7-5-12(6-8-14)4-3-10-9-15(2)13-11(10)12/h9H,3-8H2,1-2H3. The first-order valence-corrected chi connectivity index (χ1v) is 5.91. The van der Waals surface area contributed by atoms with Gasteiger partial charge in [-0.05, 0) is 51.4 Å². The van der Waals surface area contributed by atoms with Crippen molar-refractivity contribution in [3.8, 4) is 0 Å². The molecule has 3 heteroatoms. The molecule has 82 valence electrons. The highest BCUT2D eigenvalue weighted by Gasteiger charge is 2.42. The van der Waals surface area contributed by atoms with Crippen LogP contribution in [0.25, 0.3) is 0 Å². The van der Waals surface area contributed by atoms with E-state index in [1.807, 2.05) is 11.7 Å². The van der Waals surface area contributed by atoms with Crippen LogP contribution in [0.3, 0.4) is 0 Å². The molecule has 1 aromatic rings. The molecule has 2 heterocycles.